The van der Waals surface area contributed by atoms with Crippen molar-refractivity contribution >= 4 is 56.2 Å². The summed E-state index contributed by atoms with van der Waals surface area (Å²) in [7, 11) is -4.15. The van der Waals surface area contributed by atoms with E-state index in [1.807, 2.05) is 6.07 Å². The summed E-state index contributed by atoms with van der Waals surface area (Å²) in [5.74, 6) is -2.03. The molecule has 11 heteroatoms. The van der Waals surface area contributed by atoms with Gasteiger partial charge in [0.1, 0.15) is 11.2 Å². The van der Waals surface area contributed by atoms with Crippen LogP contribution in [0.5, 0.6) is 0 Å². The molecule has 0 aliphatic rings. The lowest BCUT2D eigenvalue weighted by Crippen LogP contribution is -2.46. The van der Waals surface area contributed by atoms with E-state index in [-0.39, 0.29) is 31.9 Å². The van der Waals surface area contributed by atoms with Gasteiger partial charge in [-0.15, -0.1) is 0 Å². The zero-order valence-corrected chi connectivity index (χ0v) is 19.2. The Morgan fingerprint density at radius 1 is 1.09 bits per heavy atom. The van der Waals surface area contributed by atoms with Gasteiger partial charge in [-0.25, -0.2) is 13.4 Å². The summed E-state index contributed by atoms with van der Waals surface area (Å²) < 4.78 is 26.0. The van der Waals surface area contributed by atoms with E-state index in [4.69, 9.17) is 40.1 Å². The van der Waals surface area contributed by atoms with Crippen LogP contribution in [0.15, 0.2) is 65.7 Å². The van der Waals surface area contributed by atoms with E-state index in [1.54, 1.807) is 0 Å². The zero-order chi connectivity index (χ0) is 23.5. The summed E-state index contributed by atoms with van der Waals surface area (Å²) in [5.41, 5.74) is -2.27. The first-order valence-electron chi connectivity index (χ1n) is 8.89. The van der Waals surface area contributed by atoms with E-state index in [0.717, 1.165) is 6.20 Å². The Morgan fingerprint density at radius 2 is 1.78 bits per heavy atom. The molecule has 1 aromatic heterocycles. The number of benzene rings is 2. The van der Waals surface area contributed by atoms with Crippen LogP contribution in [0.1, 0.15) is 11.1 Å². The van der Waals surface area contributed by atoms with Crippen LogP contribution in [0.3, 0.4) is 0 Å². The van der Waals surface area contributed by atoms with Gasteiger partial charge in [0.2, 0.25) is 0 Å². The van der Waals surface area contributed by atoms with Crippen molar-refractivity contribution in [2.24, 2.45) is 0 Å². The Bertz CT molecular complexity index is 1310. The molecule has 0 bridgehead atoms. The number of nitriles is 1. The second-order valence-corrected chi connectivity index (χ2v) is 9.92. The Balaban J connectivity index is 2.02. The molecule has 1 atom stereocenters. The zero-order valence-electron chi connectivity index (χ0n) is 16.1. The molecule has 1 amide bonds. The van der Waals surface area contributed by atoms with Crippen LogP contribution in [0.25, 0.3) is 0 Å². The van der Waals surface area contributed by atoms with E-state index in [0.29, 0.717) is 5.02 Å². The number of nitrogens with one attached hydrogen (secondary N) is 1. The van der Waals surface area contributed by atoms with E-state index >= 15 is 0 Å². The van der Waals surface area contributed by atoms with Gasteiger partial charge in [-0.1, -0.05) is 40.9 Å². The molecule has 3 rings (SSSR count). The first-order chi connectivity index (χ1) is 15.0. The minimum absolute atomic E-state index is 0.0794. The number of nitrogens with zero attached hydrogens (tertiary/aromatic N) is 2. The Morgan fingerprint density at radius 3 is 2.34 bits per heavy atom. The van der Waals surface area contributed by atoms with E-state index in [2.05, 4.69) is 10.3 Å². The Labute approximate surface area is 199 Å². The number of pyridine rings is 1. The quantitative estimate of drug-likeness (QED) is 0.479. The predicted molar refractivity (Wildman–Crippen MR) is 121 cm³/mol. The van der Waals surface area contributed by atoms with Crippen molar-refractivity contribution in [1.82, 2.24) is 4.98 Å². The highest BCUT2D eigenvalue weighted by atomic mass is 35.5. The lowest BCUT2D eigenvalue weighted by molar-refractivity contribution is -0.132. The Hall–Kier alpha value is -2.67. The number of aliphatic hydroxyl groups is 1. The normalized spacial score (nSPS) is 13.1. The number of sulfone groups is 1. The molecule has 32 heavy (non-hydrogen) atoms. The number of carbonyl (C=O) groups is 1. The standard InChI is InChI=1S/C21H14Cl3N3O4S/c22-15-3-6-17(7-4-15)32(30,31)12-21(29,14-2-8-19(24)26-11-14)20(28)27-16-5-1-13(10-25)18(23)9-16/h1-9,11,29H,12H2,(H,27,28). The van der Waals surface area contributed by atoms with Crippen LogP contribution >= 0.6 is 34.8 Å². The first-order valence-corrected chi connectivity index (χ1v) is 11.7. The van der Waals surface area contributed by atoms with E-state index in [1.165, 1.54) is 54.6 Å². The van der Waals surface area contributed by atoms with Crippen molar-refractivity contribution in [1.29, 1.82) is 5.26 Å². The second-order valence-electron chi connectivity index (χ2n) is 6.70. The van der Waals surface area contributed by atoms with Crippen molar-refractivity contribution in [2.45, 2.75) is 10.5 Å². The fourth-order valence-electron chi connectivity index (χ4n) is 2.82. The maximum absolute atomic E-state index is 13.1. The summed E-state index contributed by atoms with van der Waals surface area (Å²) in [6, 6.07) is 13.9. The van der Waals surface area contributed by atoms with Crippen LogP contribution in [0.4, 0.5) is 5.69 Å². The summed E-state index contributed by atoms with van der Waals surface area (Å²) >= 11 is 17.6. The molecule has 0 fully saturated rings. The van der Waals surface area contributed by atoms with Crippen LogP contribution in [-0.2, 0) is 20.2 Å². The summed E-state index contributed by atoms with van der Waals surface area (Å²) in [5, 5.41) is 23.3. The van der Waals surface area contributed by atoms with Crippen molar-refractivity contribution in [3.63, 3.8) is 0 Å². The van der Waals surface area contributed by atoms with Gasteiger partial charge >= 0.3 is 0 Å². The fourth-order valence-corrected chi connectivity index (χ4v) is 4.84. The van der Waals surface area contributed by atoms with Gasteiger partial charge in [0.15, 0.2) is 15.4 Å². The molecule has 7 nitrogen and oxygen atoms in total. The molecule has 0 radical (unpaired) electrons. The minimum Gasteiger partial charge on any atom is -0.374 e. The summed E-state index contributed by atoms with van der Waals surface area (Å²) in [6.45, 7) is 0. The third-order valence-corrected chi connectivity index (χ3v) is 7.08. The first kappa shape index (κ1) is 24.0. The molecular weight excluding hydrogens is 497 g/mol. The molecule has 0 saturated carbocycles. The number of aromatic nitrogens is 1. The highest BCUT2D eigenvalue weighted by Gasteiger charge is 2.43. The topological polar surface area (TPSA) is 120 Å². The summed E-state index contributed by atoms with van der Waals surface area (Å²) in [4.78, 5) is 16.8. The average molecular weight is 511 g/mol. The lowest BCUT2D eigenvalue weighted by Gasteiger charge is -2.27. The van der Waals surface area contributed by atoms with Gasteiger partial charge in [0.25, 0.3) is 5.91 Å². The third-order valence-electron chi connectivity index (χ3n) is 4.50. The minimum atomic E-state index is -4.15. The van der Waals surface area contributed by atoms with Gasteiger partial charge in [0.05, 0.1) is 21.2 Å². The third kappa shape index (κ3) is 5.21. The highest BCUT2D eigenvalue weighted by Crippen LogP contribution is 2.30. The molecule has 164 valence electrons. The number of halogens is 3. The molecule has 0 saturated heterocycles. The van der Waals surface area contributed by atoms with Crippen LogP contribution in [-0.4, -0.2) is 30.2 Å². The summed E-state index contributed by atoms with van der Waals surface area (Å²) in [6.07, 6.45) is 1.12. The van der Waals surface area contributed by atoms with Crippen LogP contribution in [0, 0.1) is 11.3 Å². The molecule has 0 aliphatic heterocycles. The smallest absolute Gasteiger partial charge is 0.262 e. The highest BCUT2D eigenvalue weighted by molar-refractivity contribution is 7.91. The number of rotatable bonds is 6. The van der Waals surface area contributed by atoms with Gasteiger partial charge in [-0.2, -0.15) is 5.26 Å². The van der Waals surface area contributed by atoms with Gasteiger partial charge in [0, 0.05) is 22.5 Å². The van der Waals surface area contributed by atoms with E-state index < -0.39 is 27.1 Å². The number of anilines is 1. The number of carbonyl (C=O) groups excluding carboxylic acids is 1. The molecular formula is C21H14Cl3N3O4S. The number of hydrogen-bond acceptors (Lipinski definition) is 6. The van der Waals surface area contributed by atoms with Crippen molar-refractivity contribution in [3.8, 4) is 6.07 Å². The molecule has 3 aromatic rings. The lowest BCUT2D eigenvalue weighted by atomic mass is 9.96. The van der Waals surface area contributed by atoms with E-state index in [9.17, 15) is 18.3 Å². The molecule has 2 N–H and O–H groups in total. The average Bonchev–Trinajstić information content (AvgIpc) is 2.74. The van der Waals surface area contributed by atoms with Crippen LogP contribution < -0.4 is 5.32 Å². The van der Waals surface area contributed by atoms with Crippen molar-refractivity contribution < 1.29 is 18.3 Å². The fraction of sp³-hybridized carbons (Fsp3) is 0.0952. The van der Waals surface area contributed by atoms with Gasteiger partial charge in [-0.05, 0) is 48.5 Å². The molecule has 2 aromatic carbocycles. The molecule has 1 unspecified atom stereocenters. The van der Waals surface area contributed by atoms with Gasteiger partial charge < -0.3 is 10.4 Å². The Kier molecular flexibility index (Phi) is 7.08. The van der Waals surface area contributed by atoms with Crippen LogP contribution in [0.2, 0.25) is 15.2 Å². The molecule has 1 heterocycles. The molecule has 0 aliphatic carbocycles. The maximum Gasteiger partial charge on any atom is 0.262 e. The van der Waals surface area contributed by atoms with Crippen molar-refractivity contribution in [3.05, 3.63) is 87.1 Å². The predicted octanol–water partition coefficient (Wildman–Crippen LogP) is 4.21. The molecule has 0 spiro atoms. The maximum atomic E-state index is 13.1. The van der Waals surface area contributed by atoms with Gasteiger partial charge in [-0.3, -0.25) is 4.79 Å². The SMILES string of the molecule is N#Cc1ccc(NC(=O)C(O)(CS(=O)(=O)c2ccc(Cl)cc2)c2ccc(Cl)nc2)cc1Cl. The largest absolute Gasteiger partial charge is 0.374 e. The number of amides is 1. The second kappa shape index (κ2) is 9.45. The van der Waals surface area contributed by atoms with Crippen molar-refractivity contribution in [2.75, 3.05) is 11.1 Å². The monoisotopic (exact) mass is 509 g/mol. The number of hydrogen-bond donors (Lipinski definition) is 2.